The van der Waals surface area contributed by atoms with Crippen molar-refractivity contribution in [2.45, 2.75) is 52.9 Å². The Morgan fingerprint density at radius 3 is 2.37 bits per heavy atom. The van der Waals surface area contributed by atoms with Crippen LogP contribution < -0.4 is 9.64 Å². The summed E-state index contributed by atoms with van der Waals surface area (Å²) in [7, 11) is 1.76. The van der Waals surface area contributed by atoms with E-state index in [0.29, 0.717) is 0 Å². The van der Waals surface area contributed by atoms with E-state index in [2.05, 4.69) is 98.7 Å². The molecule has 0 fully saturated rings. The molecule has 0 amide bonds. The molecule has 0 saturated carbocycles. The van der Waals surface area contributed by atoms with Crippen LogP contribution in [0.4, 0.5) is 11.4 Å². The molecule has 160 valence electrons. The van der Waals surface area contributed by atoms with Crippen molar-refractivity contribution >= 4 is 23.2 Å². The molecule has 0 aromatic heterocycles. The molecule has 0 spiro atoms. The minimum Gasteiger partial charge on any atom is -0.496 e. The highest BCUT2D eigenvalue weighted by Gasteiger charge is 2.45. The zero-order valence-corrected chi connectivity index (χ0v) is 19.5. The number of anilines is 1. The van der Waals surface area contributed by atoms with Gasteiger partial charge in [0.2, 0.25) is 5.69 Å². The molecule has 0 bridgehead atoms. The second kappa shape index (κ2) is 9.51. The van der Waals surface area contributed by atoms with Crippen LogP contribution in [0.5, 0.6) is 5.75 Å². The van der Waals surface area contributed by atoms with Crippen LogP contribution in [-0.4, -0.2) is 37.0 Å². The van der Waals surface area contributed by atoms with Gasteiger partial charge in [-0.2, -0.15) is 4.58 Å². The van der Waals surface area contributed by atoms with Crippen LogP contribution in [0.25, 0.3) is 6.08 Å². The lowest BCUT2D eigenvalue weighted by Crippen LogP contribution is -2.30. The summed E-state index contributed by atoms with van der Waals surface area (Å²) < 4.78 is 8.26. The molecular formula is C27H37N2O+. The average molecular weight is 406 g/mol. The quantitative estimate of drug-likeness (QED) is 0.447. The first kappa shape index (κ1) is 22.1. The molecule has 1 atom stereocenters. The average Bonchev–Trinajstić information content (AvgIpc) is 3.02. The second-order valence-electron chi connectivity index (χ2n) is 8.17. The predicted octanol–water partition coefficient (Wildman–Crippen LogP) is 6.43. The third kappa shape index (κ3) is 3.90. The van der Waals surface area contributed by atoms with Crippen molar-refractivity contribution in [3.05, 3.63) is 59.7 Å². The van der Waals surface area contributed by atoms with Crippen molar-refractivity contribution < 1.29 is 9.31 Å². The Morgan fingerprint density at radius 1 is 1.00 bits per heavy atom. The highest BCUT2D eigenvalue weighted by atomic mass is 16.5. The molecule has 1 aliphatic heterocycles. The van der Waals surface area contributed by atoms with Gasteiger partial charge in [-0.3, -0.25) is 0 Å². The Balaban J connectivity index is 2.04. The number of nitrogens with zero attached hydrogens (tertiary/aromatic N) is 2. The van der Waals surface area contributed by atoms with E-state index < -0.39 is 0 Å². The minimum absolute atomic E-state index is 0.0245. The highest BCUT2D eigenvalue weighted by molar-refractivity contribution is 6.05. The minimum atomic E-state index is 0.0245. The molecular weight excluding hydrogens is 368 g/mol. The highest BCUT2D eigenvalue weighted by Crippen LogP contribution is 2.42. The van der Waals surface area contributed by atoms with Crippen LogP contribution >= 0.6 is 0 Å². The summed E-state index contributed by atoms with van der Waals surface area (Å²) in [6, 6.07) is 15.4. The van der Waals surface area contributed by atoms with Crippen molar-refractivity contribution in [1.82, 2.24) is 0 Å². The summed E-state index contributed by atoms with van der Waals surface area (Å²) in [4.78, 5) is 2.34. The van der Waals surface area contributed by atoms with Gasteiger partial charge < -0.3 is 9.64 Å². The molecule has 1 unspecified atom stereocenters. The topological polar surface area (TPSA) is 15.5 Å². The van der Waals surface area contributed by atoms with Crippen molar-refractivity contribution in [2.75, 3.05) is 31.6 Å². The van der Waals surface area contributed by atoms with Crippen LogP contribution in [0.2, 0.25) is 0 Å². The van der Waals surface area contributed by atoms with Crippen molar-refractivity contribution in [1.29, 1.82) is 0 Å². The van der Waals surface area contributed by atoms with Gasteiger partial charge in [0.25, 0.3) is 0 Å². The van der Waals surface area contributed by atoms with Crippen molar-refractivity contribution in [3.8, 4) is 5.75 Å². The SMILES string of the molecule is CCC[N+]1=C(/C=C/c2ccc(N(CC)CC)cc2OC)C(C)(CC)c2ccccc21. The number of fused-ring (bicyclic) bond motifs is 1. The summed E-state index contributed by atoms with van der Waals surface area (Å²) in [5, 5.41) is 0. The number of hydrogen-bond donors (Lipinski definition) is 0. The molecule has 2 aromatic rings. The summed E-state index contributed by atoms with van der Waals surface area (Å²) in [6.07, 6.45) is 6.73. The van der Waals surface area contributed by atoms with E-state index in [1.807, 2.05) is 0 Å². The van der Waals surface area contributed by atoms with E-state index in [9.17, 15) is 0 Å². The number of benzene rings is 2. The monoisotopic (exact) mass is 405 g/mol. The van der Waals surface area contributed by atoms with Gasteiger partial charge in [-0.25, -0.2) is 0 Å². The van der Waals surface area contributed by atoms with Crippen molar-refractivity contribution in [3.63, 3.8) is 0 Å². The van der Waals surface area contributed by atoms with Gasteiger partial charge in [-0.1, -0.05) is 32.0 Å². The van der Waals surface area contributed by atoms with Crippen LogP contribution in [0.15, 0.2) is 48.5 Å². The van der Waals surface area contributed by atoms with Gasteiger partial charge in [-0.05, 0) is 45.4 Å². The molecule has 0 N–H and O–H groups in total. The standard InChI is InChI=1S/C27H37N2O/c1-7-19-29-24-14-12-11-13-23(24)27(5,8-2)26(29)18-16-21-15-17-22(20-25(21)30-6)28(9-3)10-4/h11-18,20H,7-10,19H2,1-6H3/q+1. The molecule has 1 aliphatic rings. The fraction of sp³-hybridized carbons (Fsp3) is 0.444. The van der Waals surface area contributed by atoms with E-state index in [-0.39, 0.29) is 5.41 Å². The van der Waals surface area contributed by atoms with E-state index in [1.165, 1.54) is 22.6 Å². The number of allylic oxidation sites excluding steroid dienone is 1. The molecule has 3 rings (SSSR count). The molecule has 30 heavy (non-hydrogen) atoms. The van der Waals surface area contributed by atoms with Crippen LogP contribution in [0, 0.1) is 0 Å². The first-order valence-corrected chi connectivity index (χ1v) is 11.4. The maximum atomic E-state index is 5.75. The van der Waals surface area contributed by atoms with Gasteiger partial charge in [0.1, 0.15) is 12.3 Å². The van der Waals surface area contributed by atoms with E-state index >= 15 is 0 Å². The number of methoxy groups -OCH3 is 1. The summed E-state index contributed by atoms with van der Waals surface area (Å²) >= 11 is 0. The van der Waals surface area contributed by atoms with E-state index in [1.54, 1.807) is 7.11 Å². The Kier molecular flexibility index (Phi) is 7.02. The molecule has 3 heteroatoms. The number of hydrogen-bond acceptors (Lipinski definition) is 2. The van der Waals surface area contributed by atoms with Gasteiger partial charge >= 0.3 is 0 Å². The molecule has 1 heterocycles. The fourth-order valence-corrected chi connectivity index (χ4v) is 4.64. The first-order valence-electron chi connectivity index (χ1n) is 11.4. The van der Waals surface area contributed by atoms with Gasteiger partial charge in [0.15, 0.2) is 5.71 Å². The first-order chi connectivity index (χ1) is 14.5. The molecule has 0 saturated heterocycles. The number of ether oxygens (including phenoxy) is 1. The Morgan fingerprint density at radius 2 is 1.73 bits per heavy atom. The van der Waals surface area contributed by atoms with Crippen LogP contribution in [0.3, 0.4) is 0 Å². The third-order valence-corrected chi connectivity index (χ3v) is 6.57. The number of para-hydroxylation sites is 1. The Labute approximate surface area is 182 Å². The lowest BCUT2D eigenvalue weighted by atomic mass is 9.77. The summed E-state index contributed by atoms with van der Waals surface area (Å²) in [5.74, 6) is 0.923. The predicted molar refractivity (Wildman–Crippen MR) is 130 cm³/mol. The maximum Gasteiger partial charge on any atom is 0.209 e. The van der Waals surface area contributed by atoms with Crippen molar-refractivity contribution in [2.24, 2.45) is 0 Å². The zero-order chi connectivity index (χ0) is 21.7. The molecule has 2 aromatic carbocycles. The second-order valence-corrected chi connectivity index (χ2v) is 8.17. The Bertz CT molecular complexity index is 940. The normalized spacial score (nSPS) is 18.2. The summed E-state index contributed by atoms with van der Waals surface area (Å²) in [5.41, 5.74) is 6.52. The fourth-order valence-electron chi connectivity index (χ4n) is 4.64. The summed E-state index contributed by atoms with van der Waals surface area (Å²) in [6.45, 7) is 14.3. The molecule has 0 aliphatic carbocycles. The number of rotatable bonds is 9. The largest absolute Gasteiger partial charge is 0.496 e. The third-order valence-electron chi connectivity index (χ3n) is 6.57. The van der Waals surface area contributed by atoms with Gasteiger partial charge in [0.05, 0.1) is 12.5 Å². The molecule has 3 nitrogen and oxygen atoms in total. The zero-order valence-electron chi connectivity index (χ0n) is 19.5. The maximum absolute atomic E-state index is 5.75. The smallest absolute Gasteiger partial charge is 0.209 e. The lowest BCUT2D eigenvalue weighted by Gasteiger charge is -2.22. The van der Waals surface area contributed by atoms with E-state index in [4.69, 9.17) is 4.74 Å². The van der Waals surface area contributed by atoms with Gasteiger partial charge in [-0.15, -0.1) is 0 Å². The molecule has 0 radical (unpaired) electrons. The van der Waals surface area contributed by atoms with E-state index in [0.717, 1.165) is 43.8 Å². The lowest BCUT2D eigenvalue weighted by molar-refractivity contribution is -0.437. The van der Waals surface area contributed by atoms with Crippen LogP contribution in [-0.2, 0) is 5.41 Å². The van der Waals surface area contributed by atoms with Gasteiger partial charge in [0, 0.05) is 54.5 Å². The van der Waals surface area contributed by atoms with Crippen LogP contribution in [0.1, 0.15) is 58.6 Å². The Hall–Kier alpha value is -2.55.